The van der Waals surface area contributed by atoms with Crippen LogP contribution < -0.4 is 5.32 Å². The van der Waals surface area contributed by atoms with Crippen molar-refractivity contribution in [3.05, 3.63) is 118 Å². The van der Waals surface area contributed by atoms with Crippen LogP contribution in [0.4, 0.5) is 5.13 Å². The summed E-state index contributed by atoms with van der Waals surface area (Å²) in [5.74, 6) is 0.872. The highest BCUT2D eigenvalue weighted by atomic mass is 35.5. The van der Waals surface area contributed by atoms with Crippen molar-refractivity contribution in [2.45, 2.75) is 18.0 Å². The first-order valence-corrected chi connectivity index (χ1v) is 13.5. The number of thioether (sulfide) groups is 1. The summed E-state index contributed by atoms with van der Waals surface area (Å²) in [6, 6.07) is 27.8. The molecule has 36 heavy (non-hydrogen) atoms. The third-order valence-corrected chi connectivity index (χ3v) is 7.40. The van der Waals surface area contributed by atoms with Crippen molar-refractivity contribution in [2.24, 2.45) is 0 Å². The number of hydrogen-bond donors (Lipinski definition) is 1. The van der Waals surface area contributed by atoms with Crippen molar-refractivity contribution in [3.63, 3.8) is 0 Å². The monoisotopic (exact) mass is 531 g/mol. The van der Waals surface area contributed by atoms with E-state index in [1.165, 1.54) is 23.1 Å². The smallest absolute Gasteiger partial charge is 0.236 e. The van der Waals surface area contributed by atoms with Gasteiger partial charge in [-0.25, -0.2) is 4.98 Å². The van der Waals surface area contributed by atoms with Crippen molar-refractivity contribution in [2.75, 3.05) is 11.1 Å². The number of rotatable bonds is 9. The largest absolute Gasteiger partial charge is 0.301 e. The Morgan fingerprint density at radius 3 is 2.44 bits per heavy atom. The van der Waals surface area contributed by atoms with Crippen molar-refractivity contribution in [3.8, 4) is 5.69 Å². The molecule has 0 saturated heterocycles. The second kappa shape index (κ2) is 11.5. The number of thiazole rings is 1. The van der Waals surface area contributed by atoms with E-state index in [1.54, 1.807) is 6.20 Å². The van der Waals surface area contributed by atoms with Gasteiger partial charge in [-0.1, -0.05) is 84.0 Å². The summed E-state index contributed by atoms with van der Waals surface area (Å²) in [4.78, 5) is 18.1. The fourth-order valence-corrected chi connectivity index (χ4v) is 5.55. The summed E-state index contributed by atoms with van der Waals surface area (Å²) < 4.78 is 2.01. The molecule has 0 spiro atoms. The van der Waals surface area contributed by atoms with E-state index in [-0.39, 0.29) is 11.7 Å². The molecule has 0 aliphatic rings. The maximum Gasteiger partial charge on any atom is 0.236 e. The lowest BCUT2D eigenvalue weighted by atomic mass is 10.1. The van der Waals surface area contributed by atoms with E-state index in [9.17, 15) is 4.79 Å². The maximum atomic E-state index is 12.7. The predicted octanol–water partition coefficient (Wildman–Crippen LogP) is 6.29. The van der Waals surface area contributed by atoms with Crippen LogP contribution in [0.25, 0.3) is 5.69 Å². The molecular formula is C27H22ClN5OS2. The molecule has 9 heteroatoms. The fourth-order valence-electron chi connectivity index (χ4n) is 3.70. The molecular weight excluding hydrogens is 510 g/mol. The Morgan fingerprint density at radius 2 is 1.67 bits per heavy atom. The van der Waals surface area contributed by atoms with Gasteiger partial charge in [0.15, 0.2) is 10.3 Å². The SMILES string of the molecule is O=C(CSc1nnc(Cc2ccccc2)n1-c1ccccc1)Nc1ncc(Cc2cccc(Cl)c2)s1. The molecule has 5 rings (SSSR count). The molecule has 0 fully saturated rings. The zero-order chi connectivity index (χ0) is 24.7. The molecule has 2 aromatic heterocycles. The van der Waals surface area contributed by atoms with Crippen LogP contribution in [0, 0.1) is 0 Å². The van der Waals surface area contributed by atoms with Gasteiger partial charge in [-0.05, 0) is 35.4 Å². The second-order valence-corrected chi connectivity index (χ2v) is 10.5. The topological polar surface area (TPSA) is 72.7 Å². The minimum absolute atomic E-state index is 0.143. The average molecular weight is 532 g/mol. The van der Waals surface area contributed by atoms with Gasteiger partial charge in [0.2, 0.25) is 5.91 Å². The molecule has 0 aliphatic heterocycles. The van der Waals surface area contributed by atoms with Crippen molar-refractivity contribution < 1.29 is 4.79 Å². The Kier molecular flexibility index (Phi) is 7.76. The zero-order valence-corrected chi connectivity index (χ0v) is 21.6. The molecule has 0 atom stereocenters. The van der Waals surface area contributed by atoms with E-state index in [1.807, 2.05) is 77.4 Å². The molecule has 180 valence electrons. The molecule has 6 nitrogen and oxygen atoms in total. The number of aromatic nitrogens is 4. The Labute approximate surface area is 222 Å². The Morgan fingerprint density at radius 1 is 0.917 bits per heavy atom. The third kappa shape index (κ3) is 6.20. The number of amides is 1. The van der Waals surface area contributed by atoms with E-state index in [0.29, 0.717) is 28.2 Å². The summed E-state index contributed by atoms with van der Waals surface area (Å²) in [6.45, 7) is 0. The first kappa shape index (κ1) is 24.2. The van der Waals surface area contributed by atoms with E-state index >= 15 is 0 Å². The van der Waals surface area contributed by atoms with Gasteiger partial charge in [0, 0.05) is 34.6 Å². The van der Waals surface area contributed by atoms with Crippen LogP contribution in [0.1, 0.15) is 21.8 Å². The number of nitrogens with one attached hydrogen (secondary N) is 1. The van der Waals surface area contributed by atoms with Crippen LogP contribution >= 0.6 is 34.7 Å². The number of nitrogens with zero attached hydrogens (tertiary/aromatic N) is 4. The summed E-state index contributed by atoms with van der Waals surface area (Å²) in [6.07, 6.45) is 3.15. The molecule has 3 aromatic carbocycles. The second-order valence-electron chi connectivity index (χ2n) is 8.01. The number of benzene rings is 3. The normalized spacial score (nSPS) is 10.9. The minimum Gasteiger partial charge on any atom is -0.301 e. The summed E-state index contributed by atoms with van der Waals surface area (Å²) in [5.41, 5.74) is 3.21. The number of carbonyl (C=O) groups is 1. The molecule has 1 N–H and O–H groups in total. The molecule has 0 radical (unpaired) electrons. The standard InChI is InChI=1S/C27H22ClN5OS2/c28-21-11-7-10-20(14-21)15-23-17-29-26(36-23)30-25(34)18-35-27-32-31-24(16-19-8-3-1-4-9-19)33(27)22-12-5-2-6-13-22/h1-14,17H,15-16,18H2,(H,29,30,34). The predicted molar refractivity (Wildman–Crippen MR) is 146 cm³/mol. The van der Waals surface area contributed by atoms with Crippen molar-refractivity contribution in [1.29, 1.82) is 0 Å². The molecule has 0 bridgehead atoms. The van der Waals surface area contributed by atoms with Crippen molar-refractivity contribution in [1.82, 2.24) is 19.7 Å². The molecule has 0 aliphatic carbocycles. The van der Waals surface area contributed by atoms with Gasteiger partial charge >= 0.3 is 0 Å². The highest BCUT2D eigenvalue weighted by Gasteiger charge is 2.17. The Bertz CT molecular complexity index is 1450. The van der Waals surface area contributed by atoms with Crippen LogP contribution in [0.5, 0.6) is 0 Å². The number of hydrogen-bond acceptors (Lipinski definition) is 6. The number of carbonyl (C=O) groups excluding carboxylic acids is 1. The quantitative estimate of drug-likeness (QED) is 0.226. The average Bonchev–Trinajstić information content (AvgIpc) is 3.50. The molecule has 1 amide bonds. The Hall–Kier alpha value is -3.46. The molecule has 0 saturated carbocycles. The fraction of sp³-hybridized carbons (Fsp3) is 0.111. The van der Waals surface area contributed by atoms with Gasteiger partial charge in [0.25, 0.3) is 0 Å². The van der Waals surface area contributed by atoms with Crippen molar-refractivity contribution >= 4 is 45.7 Å². The van der Waals surface area contributed by atoms with Gasteiger partial charge < -0.3 is 5.32 Å². The summed E-state index contributed by atoms with van der Waals surface area (Å²) in [5, 5.41) is 13.7. The highest BCUT2D eigenvalue weighted by Crippen LogP contribution is 2.25. The van der Waals surface area contributed by atoms with E-state index in [2.05, 4.69) is 32.6 Å². The maximum absolute atomic E-state index is 12.7. The van der Waals surface area contributed by atoms with E-state index in [4.69, 9.17) is 11.6 Å². The van der Waals surface area contributed by atoms with Crippen LogP contribution in [0.15, 0.2) is 96.3 Å². The lowest BCUT2D eigenvalue weighted by Crippen LogP contribution is -2.14. The number of anilines is 1. The van der Waals surface area contributed by atoms with Crippen LogP contribution in [-0.4, -0.2) is 31.4 Å². The third-order valence-electron chi connectivity index (χ3n) is 5.32. The zero-order valence-electron chi connectivity index (χ0n) is 19.2. The van der Waals surface area contributed by atoms with E-state index in [0.717, 1.165) is 27.5 Å². The van der Waals surface area contributed by atoms with Gasteiger partial charge in [-0.3, -0.25) is 9.36 Å². The molecule has 5 aromatic rings. The summed E-state index contributed by atoms with van der Waals surface area (Å²) >= 11 is 8.89. The number of para-hydroxylation sites is 1. The van der Waals surface area contributed by atoms with Gasteiger partial charge in [-0.15, -0.1) is 21.5 Å². The first-order valence-electron chi connectivity index (χ1n) is 11.3. The van der Waals surface area contributed by atoms with E-state index < -0.39 is 0 Å². The summed E-state index contributed by atoms with van der Waals surface area (Å²) in [7, 11) is 0. The van der Waals surface area contributed by atoms with Gasteiger partial charge in [0.05, 0.1) is 5.75 Å². The minimum atomic E-state index is -0.143. The van der Waals surface area contributed by atoms with Crippen LogP contribution in [-0.2, 0) is 17.6 Å². The van der Waals surface area contributed by atoms with Crippen LogP contribution in [0.3, 0.4) is 0 Å². The Balaban J connectivity index is 1.25. The first-order chi connectivity index (χ1) is 17.6. The van der Waals surface area contributed by atoms with Gasteiger partial charge in [-0.2, -0.15) is 0 Å². The molecule has 2 heterocycles. The van der Waals surface area contributed by atoms with Crippen LogP contribution in [0.2, 0.25) is 5.02 Å². The highest BCUT2D eigenvalue weighted by molar-refractivity contribution is 7.99. The lowest BCUT2D eigenvalue weighted by molar-refractivity contribution is -0.113. The van der Waals surface area contributed by atoms with Gasteiger partial charge in [0.1, 0.15) is 5.82 Å². The lowest BCUT2D eigenvalue weighted by Gasteiger charge is -2.10. The molecule has 0 unspecified atom stereocenters. The number of halogens is 1.